The molecule has 7 heteroatoms. The summed E-state index contributed by atoms with van der Waals surface area (Å²) >= 11 is 0. The molecule has 1 heterocycles. The Morgan fingerprint density at radius 1 is 0.963 bits per heavy atom. The fourth-order valence-corrected chi connectivity index (χ4v) is 3.11. The summed E-state index contributed by atoms with van der Waals surface area (Å²) in [6.45, 7) is 2.31. The van der Waals surface area contributed by atoms with Crippen LogP contribution in [0.25, 0.3) is 10.4 Å². The highest BCUT2D eigenvalue weighted by atomic mass is 19.1. The van der Waals surface area contributed by atoms with E-state index >= 15 is 0 Å². The molecule has 3 rings (SSSR count). The van der Waals surface area contributed by atoms with Gasteiger partial charge in [-0.3, -0.25) is 0 Å². The molecule has 5 atom stereocenters. The van der Waals surface area contributed by atoms with Gasteiger partial charge in [-0.25, -0.2) is 4.39 Å². The lowest BCUT2D eigenvalue weighted by molar-refractivity contribution is -0.238. The summed E-state index contributed by atoms with van der Waals surface area (Å²) < 4.78 is 31.6. The monoisotopic (exact) mass is 371 g/mol. The van der Waals surface area contributed by atoms with E-state index in [0.717, 1.165) is 11.1 Å². The van der Waals surface area contributed by atoms with Crippen molar-refractivity contribution in [2.24, 2.45) is 5.11 Å². The molecular formula is C20H22FN3O3. The van der Waals surface area contributed by atoms with Crippen molar-refractivity contribution in [3.63, 3.8) is 0 Å². The minimum absolute atomic E-state index is 0.258. The number of nitrogens with zero attached hydrogens (tertiary/aromatic N) is 3. The third kappa shape index (κ3) is 5.05. The van der Waals surface area contributed by atoms with Crippen molar-refractivity contribution in [1.29, 1.82) is 0 Å². The number of hydrogen-bond donors (Lipinski definition) is 0. The number of ether oxygens (including phenoxy) is 3. The molecule has 27 heavy (non-hydrogen) atoms. The van der Waals surface area contributed by atoms with Crippen LogP contribution in [0.3, 0.4) is 0 Å². The number of hydrogen-bond acceptors (Lipinski definition) is 4. The smallest absolute Gasteiger partial charge is 0.210 e. The number of rotatable bonds is 7. The van der Waals surface area contributed by atoms with Gasteiger partial charge in [-0.2, -0.15) is 0 Å². The van der Waals surface area contributed by atoms with Gasteiger partial charge in [0.25, 0.3) is 0 Å². The second-order valence-electron chi connectivity index (χ2n) is 6.41. The lowest BCUT2D eigenvalue weighted by Gasteiger charge is -2.41. The highest BCUT2D eigenvalue weighted by molar-refractivity contribution is 5.14. The van der Waals surface area contributed by atoms with E-state index in [9.17, 15) is 4.39 Å². The number of azide groups is 1. The maximum absolute atomic E-state index is 14.4. The predicted octanol–water partition coefficient (Wildman–Crippen LogP) is 4.55. The SMILES string of the molecule is C[C@H]1OC(F)[C@H](N=[N+]=[N-])[C@@H](OCc2ccccc2)[C@@H]1OCc1ccccc1. The van der Waals surface area contributed by atoms with Gasteiger partial charge in [0.1, 0.15) is 18.2 Å². The van der Waals surface area contributed by atoms with E-state index < -0.39 is 30.7 Å². The number of halogens is 1. The topological polar surface area (TPSA) is 76.5 Å². The molecule has 0 radical (unpaired) electrons. The number of alkyl halides is 1. The minimum Gasteiger partial charge on any atom is -0.370 e. The lowest BCUT2D eigenvalue weighted by Crippen LogP contribution is -2.56. The molecule has 142 valence electrons. The van der Waals surface area contributed by atoms with Crippen molar-refractivity contribution in [3.8, 4) is 0 Å². The molecule has 1 unspecified atom stereocenters. The van der Waals surface area contributed by atoms with Crippen LogP contribution in [0, 0.1) is 0 Å². The van der Waals surface area contributed by atoms with Gasteiger partial charge < -0.3 is 14.2 Å². The highest BCUT2D eigenvalue weighted by Gasteiger charge is 2.45. The first-order valence-corrected chi connectivity index (χ1v) is 8.84. The van der Waals surface area contributed by atoms with Crippen LogP contribution in [-0.2, 0) is 27.4 Å². The van der Waals surface area contributed by atoms with Gasteiger partial charge >= 0.3 is 0 Å². The fraction of sp³-hybridized carbons (Fsp3) is 0.400. The Morgan fingerprint density at radius 3 is 2.00 bits per heavy atom. The van der Waals surface area contributed by atoms with Crippen molar-refractivity contribution < 1.29 is 18.6 Å². The average Bonchev–Trinajstić information content (AvgIpc) is 2.69. The molecule has 1 aliphatic heterocycles. The zero-order valence-corrected chi connectivity index (χ0v) is 15.0. The quantitative estimate of drug-likeness (QED) is 0.407. The molecule has 0 spiro atoms. The molecule has 0 aromatic heterocycles. The summed E-state index contributed by atoms with van der Waals surface area (Å²) in [5.74, 6) is 0. The van der Waals surface area contributed by atoms with Gasteiger partial charge in [0.05, 0.1) is 19.3 Å². The molecule has 1 aliphatic rings. The molecule has 0 amide bonds. The largest absolute Gasteiger partial charge is 0.370 e. The van der Waals surface area contributed by atoms with Gasteiger partial charge in [-0.05, 0) is 23.6 Å². The molecule has 0 saturated carbocycles. The summed E-state index contributed by atoms with van der Waals surface area (Å²) in [7, 11) is 0. The first-order chi connectivity index (χ1) is 13.2. The summed E-state index contributed by atoms with van der Waals surface area (Å²) in [5, 5.41) is 3.57. The van der Waals surface area contributed by atoms with E-state index in [4.69, 9.17) is 19.7 Å². The number of benzene rings is 2. The van der Waals surface area contributed by atoms with Crippen LogP contribution in [0.1, 0.15) is 18.1 Å². The van der Waals surface area contributed by atoms with Crippen LogP contribution in [-0.4, -0.2) is 30.7 Å². The molecule has 2 aromatic carbocycles. The molecular weight excluding hydrogens is 349 g/mol. The van der Waals surface area contributed by atoms with Crippen LogP contribution < -0.4 is 0 Å². The predicted molar refractivity (Wildman–Crippen MR) is 98.4 cm³/mol. The van der Waals surface area contributed by atoms with Crippen LogP contribution >= 0.6 is 0 Å². The molecule has 1 saturated heterocycles. The van der Waals surface area contributed by atoms with Gasteiger partial charge in [0.2, 0.25) is 6.36 Å². The van der Waals surface area contributed by atoms with E-state index in [1.54, 1.807) is 6.92 Å². The van der Waals surface area contributed by atoms with Gasteiger partial charge in [0, 0.05) is 4.91 Å². The Kier molecular flexibility index (Phi) is 6.79. The Balaban J connectivity index is 1.76. The molecule has 0 aliphatic carbocycles. The van der Waals surface area contributed by atoms with Crippen LogP contribution in [0.4, 0.5) is 4.39 Å². The molecule has 2 aromatic rings. The van der Waals surface area contributed by atoms with E-state index in [2.05, 4.69) is 10.0 Å². The molecule has 6 nitrogen and oxygen atoms in total. The standard InChI is InChI=1S/C20H22FN3O3/c1-14-18(25-12-15-8-4-2-5-9-15)19(17(23-24-22)20(21)27-14)26-13-16-10-6-3-7-11-16/h2-11,14,17-20H,12-13H2,1H3/t14-,17-,18-,19-,20?/m1/s1. The van der Waals surface area contributed by atoms with Gasteiger partial charge in [0.15, 0.2) is 0 Å². The molecule has 0 bridgehead atoms. The van der Waals surface area contributed by atoms with E-state index in [1.807, 2.05) is 60.7 Å². The Morgan fingerprint density at radius 2 is 1.48 bits per heavy atom. The van der Waals surface area contributed by atoms with Crippen LogP contribution in [0.2, 0.25) is 0 Å². The summed E-state index contributed by atoms with van der Waals surface area (Å²) in [6, 6.07) is 18.1. The molecule has 0 N–H and O–H groups in total. The van der Waals surface area contributed by atoms with Gasteiger partial charge in [-0.15, -0.1) is 0 Å². The fourth-order valence-electron chi connectivity index (χ4n) is 3.11. The Labute approximate surface area is 157 Å². The van der Waals surface area contributed by atoms with E-state index in [0.29, 0.717) is 6.61 Å². The minimum atomic E-state index is -1.74. The highest BCUT2D eigenvalue weighted by Crippen LogP contribution is 2.30. The van der Waals surface area contributed by atoms with Crippen LogP contribution in [0.15, 0.2) is 65.8 Å². The zero-order chi connectivity index (χ0) is 19.1. The third-order valence-electron chi connectivity index (χ3n) is 4.49. The van der Waals surface area contributed by atoms with E-state index in [1.165, 1.54) is 0 Å². The van der Waals surface area contributed by atoms with Gasteiger partial charge in [-0.1, -0.05) is 65.8 Å². The average molecular weight is 371 g/mol. The Hall–Kier alpha value is -2.44. The lowest BCUT2D eigenvalue weighted by atomic mass is 9.98. The summed E-state index contributed by atoms with van der Waals surface area (Å²) in [5.41, 5.74) is 10.8. The molecule has 1 fully saturated rings. The summed E-state index contributed by atoms with van der Waals surface area (Å²) in [6.07, 6.45) is -3.62. The maximum atomic E-state index is 14.4. The van der Waals surface area contributed by atoms with Crippen molar-refractivity contribution >= 4 is 0 Å². The van der Waals surface area contributed by atoms with Crippen molar-refractivity contribution in [3.05, 3.63) is 82.2 Å². The third-order valence-corrected chi connectivity index (χ3v) is 4.49. The Bertz CT molecular complexity index is 756. The van der Waals surface area contributed by atoms with Crippen LogP contribution in [0.5, 0.6) is 0 Å². The summed E-state index contributed by atoms with van der Waals surface area (Å²) in [4.78, 5) is 2.76. The van der Waals surface area contributed by atoms with E-state index in [-0.39, 0.29) is 6.61 Å². The zero-order valence-electron chi connectivity index (χ0n) is 15.0. The first-order valence-electron chi connectivity index (χ1n) is 8.84. The normalized spacial score (nSPS) is 27.7. The maximum Gasteiger partial charge on any atom is 0.210 e. The second-order valence-corrected chi connectivity index (χ2v) is 6.41. The van der Waals surface area contributed by atoms with Crippen molar-refractivity contribution in [2.45, 2.75) is 50.8 Å². The first kappa shape index (κ1) is 19.3. The second kappa shape index (κ2) is 9.48. The van der Waals surface area contributed by atoms with Crippen molar-refractivity contribution in [1.82, 2.24) is 0 Å². The van der Waals surface area contributed by atoms with Crippen molar-refractivity contribution in [2.75, 3.05) is 0 Å².